The topological polar surface area (TPSA) is 82.4 Å². The molecule has 10 heteroatoms. The number of allylic oxidation sites excluding steroid dienone is 1. The molecule has 7 nitrogen and oxygen atoms in total. The molecule has 190 valence electrons. The summed E-state index contributed by atoms with van der Waals surface area (Å²) in [5, 5.41) is 5.56. The van der Waals surface area contributed by atoms with Gasteiger partial charge in [0.1, 0.15) is 11.6 Å². The average molecular weight is 515 g/mol. The third-order valence-corrected chi connectivity index (χ3v) is 7.98. The summed E-state index contributed by atoms with van der Waals surface area (Å²) in [5.74, 6) is -1.70. The first-order valence-corrected chi connectivity index (χ1v) is 13.3. The zero-order chi connectivity index (χ0) is 26.0. The van der Waals surface area contributed by atoms with E-state index in [-0.39, 0.29) is 22.8 Å². The van der Waals surface area contributed by atoms with E-state index in [9.17, 15) is 22.0 Å². The van der Waals surface area contributed by atoms with E-state index < -0.39 is 27.8 Å². The summed E-state index contributed by atoms with van der Waals surface area (Å²) < 4.78 is 55.4. The fraction of sp³-hybridized carbons (Fsp3) is 0.346. The summed E-state index contributed by atoms with van der Waals surface area (Å²) in [6.45, 7) is 6.41. The Bertz CT molecular complexity index is 1360. The molecule has 2 aromatic carbocycles. The number of amides is 1. The first-order valence-electron chi connectivity index (χ1n) is 11.9. The average Bonchev–Trinajstić information content (AvgIpc) is 2.84. The van der Waals surface area contributed by atoms with Crippen LogP contribution in [0.15, 0.2) is 63.5 Å². The van der Waals surface area contributed by atoms with Crippen LogP contribution >= 0.6 is 0 Å². The molecule has 2 aliphatic rings. The number of nitrogens with zero attached hydrogens (tertiary/aromatic N) is 4. The zero-order valence-electron chi connectivity index (χ0n) is 20.4. The highest BCUT2D eigenvalue weighted by molar-refractivity contribution is 7.89. The van der Waals surface area contributed by atoms with E-state index in [0.29, 0.717) is 48.5 Å². The minimum absolute atomic E-state index is 0.00868. The van der Waals surface area contributed by atoms with Gasteiger partial charge in [-0.1, -0.05) is 26.0 Å². The molecule has 0 N–H and O–H groups in total. The second kappa shape index (κ2) is 10.4. The minimum atomic E-state index is -3.63. The van der Waals surface area contributed by atoms with Crippen molar-refractivity contribution in [2.24, 2.45) is 10.1 Å². The number of hydrogen-bond acceptors (Lipinski definition) is 5. The van der Waals surface area contributed by atoms with Gasteiger partial charge in [0.25, 0.3) is 5.91 Å². The summed E-state index contributed by atoms with van der Waals surface area (Å²) in [4.78, 5) is 17.7. The second-order valence-electron chi connectivity index (χ2n) is 8.72. The predicted octanol–water partition coefficient (Wildman–Crippen LogP) is 4.60. The normalized spacial score (nSPS) is 18.1. The Morgan fingerprint density at radius 1 is 1.06 bits per heavy atom. The van der Waals surface area contributed by atoms with Gasteiger partial charge in [0, 0.05) is 30.3 Å². The summed E-state index contributed by atoms with van der Waals surface area (Å²) in [7, 11) is -3.63. The van der Waals surface area contributed by atoms with Crippen molar-refractivity contribution in [2.45, 2.75) is 51.1 Å². The molecule has 2 heterocycles. The predicted molar refractivity (Wildman–Crippen MR) is 135 cm³/mol. The summed E-state index contributed by atoms with van der Waals surface area (Å²) in [5.41, 5.74) is 2.12. The Balaban J connectivity index is 1.65. The summed E-state index contributed by atoms with van der Waals surface area (Å²) >= 11 is 0. The second-order valence-corrected chi connectivity index (χ2v) is 10.7. The Morgan fingerprint density at radius 2 is 1.72 bits per heavy atom. The lowest BCUT2D eigenvalue weighted by molar-refractivity contribution is -0.131. The maximum Gasteiger partial charge on any atom is 0.251 e. The summed E-state index contributed by atoms with van der Waals surface area (Å²) in [6.07, 6.45) is 2.26. The molecular formula is C26H28F2N4O3S. The number of fused-ring (bicyclic) bond motifs is 1. The molecule has 0 spiro atoms. The van der Waals surface area contributed by atoms with Crippen molar-refractivity contribution >= 4 is 32.9 Å². The molecule has 2 aromatic rings. The zero-order valence-corrected chi connectivity index (χ0v) is 21.2. The monoisotopic (exact) mass is 514 g/mol. The van der Waals surface area contributed by atoms with Crippen LogP contribution in [0.1, 0.15) is 51.2 Å². The molecule has 1 atom stereocenters. The standard InChI is InChI=1S/C26H28F2N4O3S/c1-4-12-31(13-5-2)36(34,35)20-9-6-18(7-10-20)24-16-26(33)32-25(29-24)15-22(17(3)30-32)21-11-8-19(27)14-23(21)28/h6-11,14-15,25H,4-5,12-13,16H2,1-3H3. The highest BCUT2D eigenvalue weighted by Crippen LogP contribution is 2.30. The number of halogens is 2. The van der Waals surface area contributed by atoms with E-state index >= 15 is 0 Å². The number of hydrazone groups is 1. The molecule has 0 fully saturated rings. The van der Waals surface area contributed by atoms with Crippen LogP contribution in [-0.2, 0) is 14.8 Å². The third kappa shape index (κ3) is 5.01. The van der Waals surface area contributed by atoms with Crippen molar-refractivity contribution in [3.8, 4) is 0 Å². The van der Waals surface area contributed by atoms with Gasteiger partial charge in [0.05, 0.1) is 22.7 Å². The Labute approximate surface area is 209 Å². The molecule has 1 unspecified atom stereocenters. The third-order valence-electron chi connectivity index (χ3n) is 6.07. The van der Waals surface area contributed by atoms with Crippen molar-refractivity contribution in [2.75, 3.05) is 13.1 Å². The fourth-order valence-corrected chi connectivity index (χ4v) is 5.95. The molecular weight excluding hydrogens is 486 g/mol. The van der Waals surface area contributed by atoms with E-state index in [1.165, 1.54) is 27.5 Å². The molecule has 0 saturated carbocycles. The van der Waals surface area contributed by atoms with Gasteiger partial charge in [-0.3, -0.25) is 9.79 Å². The molecule has 0 radical (unpaired) electrons. The molecule has 0 aromatic heterocycles. The van der Waals surface area contributed by atoms with Crippen molar-refractivity contribution < 1.29 is 22.0 Å². The maximum atomic E-state index is 14.4. The molecule has 0 aliphatic carbocycles. The first kappa shape index (κ1) is 25.8. The van der Waals surface area contributed by atoms with E-state index in [0.717, 1.165) is 12.1 Å². The van der Waals surface area contributed by atoms with Crippen LogP contribution in [0, 0.1) is 11.6 Å². The van der Waals surface area contributed by atoms with Crippen molar-refractivity contribution in [3.05, 3.63) is 71.3 Å². The highest BCUT2D eigenvalue weighted by Gasteiger charge is 2.33. The Morgan fingerprint density at radius 3 is 2.33 bits per heavy atom. The van der Waals surface area contributed by atoms with Crippen LogP contribution in [0.4, 0.5) is 8.78 Å². The molecule has 1 amide bonds. The fourth-order valence-electron chi connectivity index (χ4n) is 4.33. The van der Waals surface area contributed by atoms with Gasteiger partial charge in [-0.15, -0.1) is 0 Å². The van der Waals surface area contributed by atoms with Gasteiger partial charge in [-0.2, -0.15) is 9.41 Å². The number of sulfonamides is 1. The van der Waals surface area contributed by atoms with Gasteiger partial charge in [0.2, 0.25) is 10.0 Å². The number of hydrogen-bond donors (Lipinski definition) is 0. The Kier molecular flexibility index (Phi) is 7.46. The van der Waals surface area contributed by atoms with Gasteiger partial charge in [-0.25, -0.2) is 22.2 Å². The van der Waals surface area contributed by atoms with E-state index in [1.807, 2.05) is 13.8 Å². The van der Waals surface area contributed by atoms with Crippen molar-refractivity contribution in [1.82, 2.24) is 9.31 Å². The van der Waals surface area contributed by atoms with Crippen LogP contribution in [0.3, 0.4) is 0 Å². The maximum absolute atomic E-state index is 14.4. The van der Waals surface area contributed by atoms with Gasteiger partial charge < -0.3 is 0 Å². The van der Waals surface area contributed by atoms with Crippen LogP contribution in [0.2, 0.25) is 0 Å². The lowest BCUT2D eigenvalue weighted by Gasteiger charge is -2.32. The lowest BCUT2D eigenvalue weighted by atomic mass is 9.97. The molecule has 2 aliphatic heterocycles. The number of carbonyl (C=O) groups is 1. The van der Waals surface area contributed by atoms with Crippen LogP contribution in [0.25, 0.3) is 5.57 Å². The largest absolute Gasteiger partial charge is 0.272 e. The van der Waals surface area contributed by atoms with Crippen molar-refractivity contribution in [1.29, 1.82) is 0 Å². The molecule has 4 rings (SSSR count). The molecule has 0 bridgehead atoms. The lowest BCUT2D eigenvalue weighted by Crippen LogP contribution is -2.42. The number of rotatable bonds is 8. The Hall–Kier alpha value is -3.24. The quantitative estimate of drug-likeness (QED) is 0.516. The van der Waals surface area contributed by atoms with Gasteiger partial charge in [0.15, 0.2) is 6.17 Å². The smallest absolute Gasteiger partial charge is 0.251 e. The van der Waals surface area contributed by atoms with Crippen LogP contribution in [-0.4, -0.2) is 54.3 Å². The number of aliphatic imine (C=N–C) groups is 1. The number of benzene rings is 2. The number of carbonyl (C=O) groups excluding carboxylic acids is 1. The van der Waals surface area contributed by atoms with Crippen LogP contribution < -0.4 is 0 Å². The van der Waals surface area contributed by atoms with E-state index in [1.54, 1.807) is 25.1 Å². The highest BCUT2D eigenvalue weighted by atomic mass is 32.2. The molecule has 0 saturated heterocycles. The SMILES string of the molecule is CCCN(CCC)S(=O)(=O)c1ccc(C2=NC3C=C(c4ccc(F)cc4F)C(C)=NN3C(=O)C2)cc1. The minimum Gasteiger partial charge on any atom is -0.272 e. The van der Waals surface area contributed by atoms with Gasteiger partial charge in [-0.05, 0) is 55.7 Å². The van der Waals surface area contributed by atoms with Crippen molar-refractivity contribution in [3.63, 3.8) is 0 Å². The van der Waals surface area contributed by atoms with E-state index in [4.69, 9.17) is 0 Å². The summed E-state index contributed by atoms with van der Waals surface area (Å²) in [6, 6.07) is 9.64. The molecule has 36 heavy (non-hydrogen) atoms. The van der Waals surface area contributed by atoms with E-state index in [2.05, 4.69) is 10.1 Å². The van der Waals surface area contributed by atoms with Crippen LogP contribution in [0.5, 0.6) is 0 Å². The first-order chi connectivity index (χ1) is 17.1. The van der Waals surface area contributed by atoms with Gasteiger partial charge >= 0.3 is 0 Å².